The molecule has 5 nitrogen and oxygen atoms in total. The first-order valence-corrected chi connectivity index (χ1v) is 11.9. The predicted octanol–water partition coefficient (Wildman–Crippen LogP) is 6.73. The third-order valence-electron chi connectivity index (χ3n) is 5.58. The van der Waals surface area contributed by atoms with E-state index in [0.29, 0.717) is 12.4 Å². The number of H-pyrrole nitrogens is 1. The molecule has 7 heteroatoms. The average molecular weight is 519 g/mol. The van der Waals surface area contributed by atoms with Gasteiger partial charge in [0.2, 0.25) is 5.88 Å². The van der Waals surface area contributed by atoms with E-state index < -0.39 is 0 Å². The first-order chi connectivity index (χ1) is 16.4. The van der Waals surface area contributed by atoms with E-state index >= 15 is 0 Å². The Kier molecular flexibility index (Phi) is 6.20. The fourth-order valence-electron chi connectivity index (χ4n) is 4.07. The number of aromatic nitrogens is 3. The molecule has 172 valence electrons. The molecule has 0 spiro atoms. The Labute approximate surface area is 206 Å². The minimum atomic E-state index is -0.233. The maximum absolute atomic E-state index is 13.7. The molecular formula is C27H24BrFN4O. The van der Waals surface area contributed by atoms with Crippen LogP contribution in [-0.2, 0) is 6.54 Å². The van der Waals surface area contributed by atoms with Crippen LogP contribution in [-0.4, -0.2) is 32.7 Å². The number of allylic oxidation sites excluding steroid dienone is 2. The molecule has 5 rings (SSSR count). The quantitative estimate of drug-likeness (QED) is 0.307. The number of pyridine rings is 1. The largest absolute Gasteiger partial charge is 0.475 e. The third kappa shape index (κ3) is 4.89. The van der Waals surface area contributed by atoms with Gasteiger partial charge in [-0.3, -0.25) is 5.10 Å². The number of benzene rings is 2. The van der Waals surface area contributed by atoms with Crippen molar-refractivity contribution in [1.29, 1.82) is 0 Å². The van der Waals surface area contributed by atoms with E-state index in [2.05, 4.69) is 72.6 Å². The molecule has 0 unspecified atom stereocenters. The second kappa shape index (κ2) is 9.43. The lowest BCUT2D eigenvalue weighted by atomic mass is 10.00. The number of aromatic amines is 1. The van der Waals surface area contributed by atoms with Crippen LogP contribution in [0.1, 0.15) is 25.0 Å². The van der Waals surface area contributed by atoms with Crippen LogP contribution in [0.25, 0.3) is 27.7 Å². The lowest BCUT2D eigenvalue weighted by Gasteiger charge is -2.23. The summed E-state index contributed by atoms with van der Waals surface area (Å²) in [6.07, 6.45) is 8.15. The summed E-state index contributed by atoms with van der Waals surface area (Å²) in [7, 11) is 0. The van der Waals surface area contributed by atoms with Gasteiger partial charge in [0.1, 0.15) is 11.5 Å². The van der Waals surface area contributed by atoms with Crippen LogP contribution < -0.4 is 4.74 Å². The van der Waals surface area contributed by atoms with Gasteiger partial charge in [-0.1, -0.05) is 28.1 Å². The van der Waals surface area contributed by atoms with Crippen molar-refractivity contribution in [3.05, 3.63) is 94.5 Å². The standard InChI is InChI=1S/C27H24BrFN4O/c1-17(2)34-26-14-21(5-8-30-26)27-24-13-20(3-4-25(24)31-32-27)19-6-9-33(10-7-19)16-18-11-22(28)15-23(29)12-18/h3-9,11-15,17H,10,16H2,1-2H3,(H,31,32). The van der Waals surface area contributed by atoms with Crippen molar-refractivity contribution in [3.8, 4) is 17.1 Å². The van der Waals surface area contributed by atoms with Crippen LogP contribution in [0, 0.1) is 5.82 Å². The Morgan fingerprint density at radius 1 is 1.12 bits per heavy atom. The molecule has 0 amide bonds. The van der Waals surface area contributed by atoms with E-state index in [9.17, 15) is 4.39 Å². The van der Waals surface area contributed by atoms with Gasteiger partial charge in [-0.25, -0.2) is 9.37 Å². The molecule has 0 aliphatic carbocycles. The number of rotatable bonds is 6. The van der Waals surface area contributed by atoms with E-state index in [1.807, 2.05) is 32.0 Å². The molecule has 2 aromatic heterocycles. The molecule has 2 aromatic carbocycles. The highest BCUT2D eigenvalue weighted by molar-refractivity contribution is 9.10. The Bertz CT molecular complexity index is 1390. The van der Waals surface area contributed by atoms with Crippen molar-refractivity contribution in [2.24, 2.45) is 0 Å². The molecule has 0 saturated carbocycles. The molecule has 34 heavy (non-hydrogen) atoms. The topological polar surface area (TPSA) is 54.0 Å². The van der Waals surface area contributed by atoms with E-state index in [1.54, 1.807) is 12.3 Å². The Morgan fingerprint density at radius 3 is 2.76 bits per heavy atom. The van der Waals surface area contributed by atoms with Crippen LogP contribution in [0.15, 0.2) is 77.6 Å². The number of hydrogen-bond donors (Lipinski definition) is 1. The van der Waals surface area contributed by atoms with E-state index in [4.69, 9.17) is 4.74 Å². The normalized spacial score (nSPS) is 13.6. The van der Waals surface area contributed by atoms with Crippen LogP contribution in [0.3, 0.4) is 0 Å². The summed E-state index contributed by atoms with van der Waals surface area (Å²) < 4.78 is 20.2. The van der Waals surface area contributed by atoms with Gasteiger partial charge in [-0.15, -0.1) is 0 Å². The summed E-state index contributed by atoms with van der Waals surface area (Å²) in [4.78, 5) is 6.45. The molecular weight excluding hydrogens is 495 g/mol. The number of nitrogens with one attached hydrogen (secondary N) is 1. The molecule has 1 aliphatic heterocycles. The van der Waals surface area contributed by atoms with E-state index in [-0.39, 0.29) is 11.9 Å². The van der Waals surface area contributed by atoms with Gasteiger partial charge in [-0.05, 0) is 73.0 Å². The zero-order valence-corrected chi connectivity index (χ0v) is 20.5. The van der Waals surface area contributed by atoms with E-state index in [0.717, 1.165) is 49.9 Å². The number of hydrogen-bond acceptors (Lipinski definition) is 4. The Morgan fingerprint density at radius 2 is 2.00 bits per heavy atom. The predicted molar refractivity (Wildman–Crippen MR) is 137 cm³/mol. The average Bonchev–Trinajstić information content (AvgIpc) is 3.22. The third-order valence-corrected chi connectivity index (χ3v) is 6.04. The molecule has 0 atom stereocenters. The van der Waals surface area contributed by atoms with Crippen LogP contribution >= 0.6 is 15.9 Å². The van der Waals surface area contributed by atoms with Crippen molar-refractivity contribution in [2.75, 3.05) is 6.54 Å². The maximum atomic E-state index is 13.7. The molecule has 1 N–H and O–H groups in total. The molecule has 1 aliphatic rings. The van der Waals surface area contributed by atoms with Gasteiger partial charge in [0.05, 0.1) is 11.6 Å². The highest BCUT2D eigenvalue weighted by Gasteiger charge is 2.13. The minimum absolute atomic E-state index is 0.0531. The van der Waals surface area contributed by atoms with Crippen molar-refractivity contribution < 1.29 is 9.13 Å². The molecule has 0 saturated heterocycles. The van der Waals surface area contributed by atoms with Gasteiger partial charge in [0.25, 0.3) is 0 Å². The Hall–Kier alpha value is -3.45. The van der Waals surface area contributed by atoms with Gasteiger partial charge in [0.15, 0.2) is 0 Å². The zero-order valence-electron chi connectivity index (χ0n) is 18.9. The first-order valence-electron chi connectivity index (χ1n) is 11.1. The summed E-state index contributed by atoms with van der Waals surface area (Å²) in [5, 5.41) is 8.73. The second-order valence-electron chi connectivity index (χ2n) is 8.56. The molecule has 0 bridgehead atoms. The summed E-state index contributed by atoms with van der Waals surface area (Å²) >= 11 is 3.36. The summed E-state index contributed by atoms with van der Waals surface area (Å²) in [5.74, 6) is 0.353. The molecule has 0 radical (unpaired) electrons. The van der Waals surface area contributed by atoms with Crippen LogP contribution in [0.2, 0.25) is 0 Å². The first kappa shape index (κ1) is 22.3. The van der Waals surface area contributed by atoms with Crippen molar-refractivity contribution >= 4 is 32.4 Å². The number of halogens is 2. The van der Waals surface area contributed by atoms with Crippen molar-refractivity contribution in [3.63, 3.8) is 0 Å². The summed E-state index contributed by atoms with van der Waals surface area (Å²) in [6.45, 7) is 5.35. The van der Waals surface area contributed by atoms with E-state index in [1.165, 1.54) is 6.07 Å². The van der Waals surface area contributed by atoms with Gasteiger partial charge in [-0.2, -0.15) is 5.10 Å². The van der Waals surface area contributed by atoms with Crippen molar-refractivity contribution in [1.82, 2.24) is 20.1 Å². The SMILES string of the molecule is CC(C)Oc1cc(-c2n[nH]c3ccc(C4=CCN(Cc5cc(F)cc(Br)c5)C=C4)cc23)ccn1. The molecule has 4 aromatic rings. The summed E-state index contributed by atoms with van der Waals surface area (Å²) in [5.41, 5.74) is 5.98. The van der Waals surface area contributed by atoms with Crippen LogP contribution in [0.5, 0.6) is 5.88 Å². The van der Waals surface area contributed by atoms with Gasteiger partial charge < -0.3 is 9.64 Å². The maximum Gasteiger partial charge on any atom is 0.214 e. The zero-order chi connectivity index (χ0) is 23.7. The number of ether oxygens (including phenoxy) is 1. The fraction of sp³-hybridized carbons (Fsp3) is 0.185. The number of fused-ring (bicyclic) bond motifs is 1. The lowest BCUT2D eigenvalue weighted by molar-refractivity contribution is 0.233. The lowest BCUT2D eigenvalue weighted by Crippen LogP contribution is -2.19. The highest BCUT2D eigenvalue weighted by atomic mass is 79.9. The summed E-state index contributed by atoms with van der Waals surface area (Å²) in [6, 6.07) is 15.2. The Balaban J connectivity index is 1.38. The number of nitrogens with zero attached hydrogens (tertiary/aromatic N) is 3. The monoisotopic (exact) mass is 518 g/mol. The van der Waals surface area contributed by atoms with Gasteiger partial charge in [0, 0.05) is 47.0 Å². The molecule has 3 heterocycles. The highest BCUT2D eigenvalue weighted by Crippen LogP contribution is 2.31. The minimum Gasteiger partial charge on any atom is -0.475 e. The van der Waals surface area contributed by atoms with Crippen molar-refractivity contribution in [2.45, 2.75) is 26.5 Å². The fourth-order valence-corrected chi connectivity index (χ4v) is 4.59. The molecule has 0 fully saturated rings. The smallest absolute Gasteiger partial charge is 0.214 e. The second-order valence-corrected chi connectivity index (χ2v) is 9.48. The van der Waals surface area contributed by atoms with Crippen LogP contribution in [0.4, 0.5) is 4.39 Å². The van der Waals surface area contributed by atoms with Gasteiger partial charge >= 0.3 is 0 Å².